The van der Waals surface area contributed by atoms with Crippen molar-refractivity contribution in [1.29, 1.82) is 0 Å². The second-order valence-electron chi connectivity index (χ2n) is 7.32. The van der Waals surface area contributed by atoms with Gasteiger partial charge in [0.1, 0.15) is 17.9 Å². The fourth-order valence-electron chi connectivity index (χ4n) is 3.33. The Balaban J connectivity index is 1.59. The summed E-state index contributed by atoms with van der Waals surface area (Å²) in [7, 11) is 0. The molecule has 7 nitrogen and oxygen atoms in total. The van der Waals surface area contributed by atoms with E-state index in [0.717, 1.165) is 19.6 Å². The minimum atomic E-state index is -4.42. The van der Waals surface area contributed by atoms with E-state index >= 15 is 0 Å². The highest BCUT2D eigenvalue weighted by molar-refractivity contribution is 5.88. The molecular weight excluding hydrogens is 428 g/mol. The topological polar surface area (TPSA) is 75.2 Å². The summed E-state index contributed by atoms with van der Waals surface area (Å²) < 4.78 is 57.1. The molecule has 1 fully saturated rings. The lowest BCUT2D eigenvalue weighted by molar-refractivity contribution is -0.115. The fraction of sp³-hybridized carbons (Fsp3) is 0.381. The molecule has 0 saturated carbocycles. The highest BCUT2D eigenvalue weighted by atomic mass is 19.4. The zero-order valence-corrected chi connectivity index (χ0v) is 17.1. The van der Waals surface area contributed by atoms with Crippen LogP contribution < -0.4 is 10.6 Å². The van der Waals surface area contributed by atoms with Crippen molar-refractivity contribution in [1.82, 2.24) is 19.9 Å². The van der Waals surface area contributed by atoms with Gasteiger partial charge in [-0.05, 0) is 36.4 Å². The number of pyridine rings is 1. The Morgan fingerprint density at radius 3 is 2.41 bits per heavy atom. The third-order valence-corrected chi connectivity index (χ3v) is 4.95. The molecule has 0 bridgehead atoms. The van der Waals surface area contributed by atoms with Gasteiger partial charge in [0.05, 0.1) is 24.4 Å². The Kier molecular flexibility index (Phi) is 6.66. The van der Waals surface area contributed by atoms with E-state index in [2.05, 4.69) is 30.5 Å². The van der Waals surface area contributed by atoms with Crippen molar-refractivity contribution in [2.24, 2.45) is 0 Å². The lowest BCUT2D eigenvalue weighted by Crippen LogP contribution is -2.39. The number of anilines is 2. The Morgan fingerprint density at radius 1 is 0.938 bits per heavy atom. The number of ether oxygens (including phenoxy) is 1. The van der Waals surface area contributed by atoms with Crippen LogP contribution in [0.15, 0.2) is 36.4 Å². The van der Waals surface area contributed by atoms with Gasteiger partial charge in [-0.1, -0.05) is 0 Å². The maximum atomic E-state index is 13.2. The molecule has 3 aromatic rings. The highest BCUT2D eigenvalue weighted by Crippen LogP contribution is 2.26. The number of halogens is 4. The van der Waals surface area contributed by atoms with Crippen LogP contribution in [-0.4, -0.2) is 72.0 Å². The van der Waals surface area contributed by atoms with Crippen LogP contribution in [0.2, 0.25) is 0 Å². The lowest BCUT2D eigenvalue weighted by Gasteiger charge is -2.26. The van der Waals surface area contributed by atoms with E-state index < -0.39 is 18.5 Å². The summed E-state index contributed by atoms with van der Waals surface area (Å²) >= 11 is 0. The monoisotopic (exact) mass is 450 g/mol. The summed E-state index contributed by atoms with van der Waals surface area (Å²) in [4.78, 5) is 15.3. The van der Waals surface area contributed by atoms with Crippen molar-refractivity contribution in [2.45, 2.75) is 6.18 Å². The second-order valence-corrected chi connectivity index (χ2v) is 7.32. The number of rotatable bonds is 7. The van der Waals surface area contributed by atoms with Gasteiger partial charge in [0.15, 0.2) is 5.82 Å². The van der Waals surface area contributed by atoms with Crippen molar-refractivity contribution in [2.75, 3.05) is 56.6 Å². The zero-order valence-electron chi connectivity index (χ0n) is 17.1. The summed E-state index contributed by atoms with van der Waals surface area (Å²) in [6.07, 6.45) is -4.42. The molecule has 0 radical (unpaired) electrons. The predicted octanol–water partition coefficient (Wildman–Crippen LogP) is 3.55. The number of hydrogen-bond donors (Lipinski definition) is 2. The largest absolute Gasteiger partial charge is 0.405 e. The van der Waals surface area contributed by atoms with E-state index in [4.69, 9.17) is 4.74 Å². The van der Waals surface area contributed by atoms with Gasteiger partial charge in [-0.25, -0.2) is 14.4 Å². The van der Waals surface area contributed by atoms with E-state index in [1.165, 1.54) is 12.1 Å². The third kappa shape index (κ3) is 5.80. The average Bonchev–Trinajstić information content (AvgIpc) is 2.78. The van der Waals surface area contributed by atoms with Crippen molar-refractivity contribution in [3.8, 4) is 11.3 Å². The van der Waals surface area contributed by atoms with Gasteiger partial charge in [0.2, 0.25) is 5.95 Å². The van der Waals surface area contributed by atoms with Crippen molar-refractivity contribution >= 4 is 22.8 Å². The van der Waals surface area contributed by atoms with Crippen LogP contribution in [0, 0.1) is 5.82 Å². The third-order valence-electron chi connectivity index (χ3n) is 4.95. The van der Waals surface area contributed by atoms with E-state index in [0.29, 0.717) is 36.5 Å². The predicted molar refractivity (Wildman–Crippen MR) is 113 cm³/mol. The molecule has 1 aliphatic heterocycles. The molecule has 3 heterocycles. The summed E-state index contributed by atoms with van der Waals surface area (Å²) in [5.74, 6) is -0.199. The number of nitrogens with zero attached hydrogens (tertiary/aromatic N) is 4. The van der Waals surface area contributed by atoms with Crippen molar-refractivity contribution in [3.63, 3.8) is 0 Å². The molecule has 0 unspecified atom stereocenters. The molecule has 32 heavy (non-hydrogen) atoms. The van der Waals surface area contributed by atoms with Crippen LogP contribution in [0.25, 0.3) is 22.3 Å². The first-order chi connectivity index (χ1) is 15.4. The molecule has 0 atom stereocenters. The summed E-state index contributed by atoms with van der Waals surface area (Å²) in [5, 5.41) is 5.41. The number of alkyl halides is 3. The molecule has 1 saturated heterocycles. The zero-order chi connectivity index (χ0) is 22.6. The van der Waals surface area contributed by atoms with Gasteiger partial charge >= 0.3 is 6.18 Å². The van der Waals surface area contributed by atoms with Gasteiger partial charge in [-0.3, -0.25) is 4.90 Å². The number of hydrogen-bond acceptors (Lipinski definition) is 7. The Labute approximate surface area is 181 Å². The number of aromatic nitrogens is 3. The van der Waals surface area contributed by atoms with Gasteiger partial charge < -0.3 is 15.4 Å². The minimum Gasteiger partial charge on any atom is -0.379 e. The SMILES string of the molecule is Fc1ccc(-c2ccc3nc(NCCN4CCOCC4)nc(NCC(F)(F)F)c3n2)cc1. The maximum Gasteiger partial charge on any atom is 0.405 e. The van der Waals surface area contributed by atoms with Gasteiger partial charge in [-0.2, -0.15) is 18.2 Å². The molecule has 2 aromatic heterocycles. The van der Waals surface area contributed by atoms with Gasteiger partial charge in [0.25, 0.3) is 0 Å². The van der Waals surface area contributed by atoms with Crippen LogP contribution in [0.5, 0.6) is 0 Å². The van der Waals surface area contributed by atoms with Crippen molar-refractivity contribution in [3.05, 3.63) is 42.2 Å². The summed E-state index contributed by atoms with van der Waals surface area (Å²) in [6, 6.07) is 9.04. The van der Waals surface area contributed by atoms with Gasteiger partial charge in [-0.15, -0.1) is 0 Å². The van der Waals surface area contributed by atoms with Crippen molar-refractivity contribution < 1.29 is 22.3 Å². The molecule has 0 amide bonds. The maximum absolute atomic E-state index is 13.2. The molecule has 0 spiro atoms. The minimum absolute atomic E-state index is 0.0230. The first-order valence-corrected chi connectivity index (χ1v) is 10.2. The summed E-state index contributed by atoms with van der Waals surface area (Å²) in [5.41, 5.74) is 1.70. The average molecular weight is 450 g/mol. The van der Waals surface area contributed by atoms with Crippen LogP contribution in [0.4, 0.5) is 29.3 Å². The number of benzene rings is 1. The Bertz CT molecular complexity index is 1050. The molecule has 0 aliphatic carbocycles. The van der Waals surface area contributed by atoms with E-state index in [9.17, 15) is 17.6 Å². The summed E-state index contributed by atoms with van der Waals surface area (Å²) in [6.45, 7) is 3.03. The van der Waals surface area contributed by atoms with Crippen LogP contribution >= 0.6 is 0 Å². The fourth-order valence-corrected chi connectivity index (χ4v) is 3.33. The van der Waals surface area contributed by atoms with E-state index in [1.807, 2.05) is 0 Å². The van der Waals surface area contributed by atoms with E-state index in [-0.39, 0.29) is 17.3 Å². The van der Waals surface area contributed by atoms with Crippen LogP contribution in [0.1, 0.15) is 0 Å². The Morgan fingerprint density at radius 2 is 1.69 bits per heavy atom. The molecular formula is C21H22F4N6O. The molecule has 11 heteroatoms. The number of morpholine rings is 1. The highest BCUT2D eigenvalue weighted by Gasteiger charge is 2.27. The molecule has 2 N–H and O–H groups in total. The van der Waals surface area contributed by atoms with Gasteiger partial charge in [0, 0.05) is 31.7 Å². The smallest absolute Gasteiger partial charge is 0.379 e. The Hall–Kier alpha value is -3.05. The standard InChI is InChI=1S/C21H22F4N6O/c22-15-3-1-14(2-4-15)16-5-6-17-18(28-16)19(27-13-21(23,24)25)30-20(29-17)26-7-8-31-9-11-32-12-10-31/h1-6H,7-13H2,(H2,26,27,29,30). The molecule has 1 aliphatic rings. The van der Waals surface area contributed by atoms with Crippen LogP contribution in [0.3, 0.4) is 0 Å². The second kappa shape index (κ2) is 9.61. The van der Waals surface area contributed by atoms with Crippen LogP contribution in [-0.2, 0) is 4.74 Å². The molecule has 1 aromatic carbocycles. The number of nitrogens with one attached hydrogen (secondary N) is 2. The first kappa shape index (κ1) is 22.2. The lowest BCUT2D eigenvalue weighted by atomic mass is 10.1. The normalized spacial score (nSPS) is 15.1. The molecule has 170 valence electrons. The number of fused-ring (bicyclic) bond motifs is 1. The molecule has 4 rings (SSSR count). The van der Waals surface area contributed by atoms with E-state index in [1.54, 1.807) is 24.3 Å². The quantitative estimate of drug-likeness (QED) is 0.534. The first-order valence-electron chi connectivity index (χ1n) is 10.2.